The van der Waals surface area contributed by atoms with Crippen LogP contribution in [0.1, 0.15) is 11.1 Å². The molecule has 94 valence electrons. The Morgan fingerprint density at radius 1 is 1.00 bits per heavy atom. The predicted molar refractivity (Wildman–Crippen MR) is 80.2 cm³/mol. The van der Waals surface area contributed by atoms with E-state index in [0.29, 0.717) is 0 Å². The number of pyridine rings is 1. The van der Waals surface area contributed by atoms with Gasteiger partial charge in [0, 0.05) is 11.9 Å². The van der Waals surface area contributed by atoms with E-state index in [2.05, 4.69) is 53.6 Å². The highest BCUT2D eigenvalue weighted by Gasteiger charge is 1.97. The van der Waals surface area contributed by atoms with Gasteiger partial charge in [0.1, 0.15) is 0 Å². The molecule has 3 rings (SSSR count). The van der Waals surface area contributed by atoms with Crippen molar-refractivity contribution in [2.75, 3.05) is 5.32 Å². The molecule has 0 unspecified atom stereocenters. The van der Waals surface area contributed by atoms with Crippen LogP contribution in [-0.2, 0) is 6.54 Å². The van der Waals surface area contributed by atoms with Crippen LogP contribution in [-0.4, -0.2) is 4.98 Å². The van der Waals surface area contributed by atoms with Crippen molar-refractivity contribution in [2.24, 2.45) is 0 Å². The largest absolute Gasteiger partial charge is 0.380 e. The fourth-order valence-corrected chi connectivity index (χ4v) is 2.08. The minimum absolute atomic E-state index is 0.820. The molecule has 3 aromatic rings. The molecule has 0 aliphatic rings. The average Bonchev–Trinajstić information content (AvgIpc) is 2.46. The number of benzene rings is 2. The highest BCUT2D eigenvalue weighted by atomic mass is 14.9. The molecule has 1 aromatic heterocycles. The minimum Gasteiger partial charge on any atom is -0.380 e. The number of nitrogens with zero attached hydrogens (tertiary/aromatic N) is 1. The molecule has 1 heterocycles. The van der Waals surface area contributed by atoms with Gasteiger partial charge in [0.15, 0.2) is 0 Å². The molecule has 0 saturated carbocycles. The lowest BCUT2D eigenvalue weighted by molar-refractivity contribution is 1.14. The third kappa shape index (κ3) is 2.74. The Labute approximate surface area is 113 Å². The summed E-state index contributed by atoms with van der Waals surface area (Å²) in [6.45, 7) is 2.92. The van der Waals surface area contributed by atoms with Gasteiger partial charge in [-0.1, -0.05) is 48.0 Å². The van der Waals surface area contributed by atoms with Crippen molar-refractivity contribution in [3.63, 3.8) is 0 Å². The van der Waals surface area contributed by atoms with Gasteiger partial charge >= 0.3 is 0 Å². The molecule has 0 amide bonds. The topological polar surface area (TPSA) is 24.9 Å². The lowest BCUT2D eigenvalue weighted by Crippen LogP contribution is -1.99. The highest BCUT2D eigenvalue weighted by Crippen LogP contribution is 2.16. The molecule has 2 aromatic carbocycles. The summed E-state index contributed by atoms with van der Waals surface area (Å²) >= 11 is 0. The Morgan fingerprint density at radius 3 is 2.63 bits per heavy atom. The van der Waals surface area contributed by atoms with E-state index in [1.54, 1.807) is 0 Å². The second-order valence-corrected chi connectivity index (χ2v) is 4.76. The third-order valence-corrected chi connectivity index (χ3v) is 3.21. The quantitative estimate of drug-likeness (QED) is 0.753. The molecule has 0 bridgehead atoms. The lowest BCUT2D eigenvalue weighted by atomic mass is 10.1. The third-order valence-electron chi connectivity index (χ3n) is 3.21. The SMILES string of the molecule is Cc1ccc(CNc2cnc3ccccc3c2)cc1. The zero-order valence-electron chi connectivity index (χ0n) is 10.9. The van der Waals surface area contributed by atoms with Crippen LogP contribution in [0.5, 0.6) is 0 Å². The van der Waals surface area contributed by atoms with E-state index in [9.17, 15) is 0 Å². The first-order chi connectivity index (χ1) is 9.31. The molecule has 2 nitrogen and oxygen atoms in total. The molecule has 0 aliphatic carbocycles. The Balaban J connectivity index is 1.76. The number of fused-ring (bicyclic) bond motifs is 1. The van der Waals surface area contributed by atoms with Gasteiger partial charge in [0.05, 0.1) is 17.4 Å². The van der Waals surface area contributed by atoms with Gasteiger partial charge in [-0.2, -0.15) is 0 Å². The second-order valence-electron chi connectivity index (χ2n) is 4.76. The first-order valence-electron chi connectivity index (χ1n) is 6.45. The fraction of sp³-hybridized carbons (Fsp3) is 0.118. The summed E-state index contributed by atoms with van der Waals surface area (Å²) < 4.78 is 0. The van der Waals surface area contributed by atoms with Crippen molar-refractivity contribution in [1.82, 2.24) is 4.98 Å². The Hall–Kier alpha value is -2.35. The number of hydrogen-bond acceptors (Lipinski definition) is 2. The van der Waals surface area contributed by atoms with Crippen LogP contribution in [0.15, 0.2) is 60.8 Å². The summed E-state index contributed by atoms with van der Waals surface area (Å²) in [6, 6.07) is 18.9. The summed E-state index contributed by atoms with van der Waals surface area (Å²) in [6.07, 6.45) is 1.89. The normalized spacial score (nSPS) is 10.6. The molecule has 1 N–H and O–H groups in total. The molecule has 19 heavy (non-hydrogen) atoms. The van der Waals surface area contributed by atoms with E-state index in [0.717, 1.165) is 23.1 Å². The summed E-state index contributed by atoms with van der Waals surface area (Å²) in [7, 11) is 0. The second kappa shape index (κ2) is 5.11. The maximum absolute atomic E-state index is 4.45. The van der Waals surface area contributed by atoms with E-state index < -0.39 is 0 Å². The highest BCUT2D eigenvalue weighted by molar-refractivity contribution is 5.81. The van der Waals surface area contributed by atoms with E-state index in [1.165, 1.54) is 11.1 Å². The van der Waals surface area contributed by atoms with Crippen molar-refractivity contribution in [3.05, 3.63) is 71.9 Å². The molecule has 0 atom stereocenters. The van der Waals surface area contributed by atoms with Crippen LogP contribution in [0.25, 0.3) is 10.9 Å². The minimum atomic E-state index is 0.820. The van der Waals surface area contributed by atoms with Gasteiger partial charge in [-0.15, -0.1) is 0 Å². The van der Waals surface area contributed by atoms with Crippen molar-refractivity contribution < 1.29 is 0 Å². The lowest BCUT2D eigenvalue weighted by Gasteiger charge is -2.07. The van der Waals surface area contributed by atoms with Crippen molar-refractivity contribution in [2.45, 2.75) is 13.5 Å². The van der Waals surface area contributed by atoms with Crippen LogP contribution in [0, 0.1) is 6.92 Å². The Bertz CT molecular complexity index is 687. The first-order valence-corrected chi connectivity index (χ1v) is 6.45. The number of anilines is 1. The molecule has 0 saturated heterocycles. The number of aryl methyl sites for hydroxylation is 1. The predicted octanol–water partition coefficient (Wildman–Crippen LogP) is 4.16. The van der Waals surface area contributed by atoms with Crippen LogP contribution in [0.4, 0.5) is 5.69 Å². The van der Waals surface area contributed by atoms with Crippen LogP contribution in [0.3, 0.4) is 0 Å². The Morgan fingerprint density at radius 2 is 1.79 bits per heavy atom. The smallest absolute Gasteiger partial charge is 0.0703 e. The number of para-hydroxylation sites is 1. The molecule has 0 fully saturated rings. The molecule has 0 spiro atoms. The summed E-state index contributed by atoms with van der Waals surface area (Å²) in [5.74, 6) is 0. The van der Waals surface area contributed by atoms with E-state index in [1.807, 2.05) is 24.4 Å². The van der Waals surface area contributed by atoms with E-state index >= 15 is 0 Å². The van der Waals surface area contributed by atoms with Gasteiger partial charge in [0.25, 0.3) is 0 Å². The first kappa shape index (κ1) is 11.7. The van der Waals surface area contributed by atoms with Crippen molar-refractivity contribution in [1.29, 1.82) is 0 Å². The van der Waals surface area contributed by atoms with Gasteiger partial charge in [-0.05, 0) is 24.6 Å². The van der Waals surface area contributed by atoms with Crippen molar-refractivity contribution >= 4 is 16.6 Å². The molecular weight excluding hydrogens is 232 g/mol. The fourth-order valence-electron chi connectivity index (χ4n) is 2.08. The van der Waals surface area contributed by atoms with Gasteiger partial charge in [-0.25, -0.2) is 0 Å². The van der Waals surface area contributed by atoms with Gasteiger partial charge < -0.3 is 5.32 Å². The number of aromatic nitrogens is 1. The van der Waals surface area contributed by atoms with Crippen LogP contribution in [0.2, 0.25) is 0 Å². The number of rotatable bonds is 3. The van der Waals surface area contributed by atoms with Crippen LogP contribution < -0.4 is 5.32 Å². The monoisotopic (exact) mass is 248 g/mol. The van der Waals surface area contributed by atoms with Crippen molar-refractivity contribution in [3.8, 4) is 0 Å². The summed E-state index contributed by atoms with van der Waals surface area (Å²) in [4.78, 5) is 4.45. The average molecular weight is 248 g/mol. The number of hydrogen-bond donors (Lipinski definition) is 1. The molecule has 0 aliphatic heterocycles. The molecule has 2 heteroatoms. The maximum atomic E-state index is 4.45. The van der Waals surface area contributed by atoms with Gasteiger partial charge in [-0.3, -0.25) is 4.98 Å². The van der Waals surface area contributed by atoms with E-state index in [-0.39, 0.29) is 0 Å². The number of nitrogens with one attached hydrogen (secondary N) is 1. The molecule has 0 radical (unpaired) electrons. The maximum Gasteiger partial charge on any atom is 0.0703 e. The zero-order valence-corrected chi connectivity index (χ0v) is 10.9. The zero-order chi connectivity index (χ0) is 13.1. The summed E-state index contributed by atoms with van der Waals surface area (Å²) in [5.41, 5.74) is 4.65. The summed E-state index contributed by atoms with van der Waals surface area (Å²) in [5, 5.41) is 4.57. The van der Waals surface area contributed by atoms with Crippen LogP contribution >= 0.6 is 0 Å². The standard InChI is InChI=1S/C17H16N2/c1-13-6-8-14(9-7-13)11-18-16-10-15-4-2-3-5-17(15)19-12-16/h2-10,12,18H,11H2,1H3. The Kier molecular flexibility index (Phi) is 3.15. The molecular formula is C17H16N2. The van der Waals surface area contributed by atoms with Gasteiger partial charge in [0.2, 0.25) is 0 Å². The van der Waals surface area contributed by atoms with E-state index in [4.69, 9.17) is 0 Å².